The Hall–Kier alpha value is -1.04. The van der Waals surface area contributed by atoms with E-state index in [-0.39, 0.29) is 20.2 Å². The van der Waals surface area contributed by atoms with Crippen LogP contribution in [0.3, 0.4) is 0 Å². The zero-order valence-electron chi connectivity index (χ0n) is 13.6. The summed E-state index contributed by atoms with van der Waals surface area (Å²) in [6.07, 6.45) is 2.10. The number of aliphatic hydroxyl groups is 1. The number of nitrogens with zero attached hydrogens (tertiary/aromatic N) is 2. The molecule has 1 heterocycles. The van der Waals surface area contributed by atoms with Crippen molar-refractivity contribution in [3.63, 3.8) is 0 Å². The van der Waals surface area contributed by atoms with E-state index in [1.165, 1.54) is 19.5 Å². The topological polar surface area (TPSA) is 79.8 Å². The van der Waals surface area contributed by atoms with Crippen LogP contribution in [0.25, 0.3) is 0 Å². The molecular weight excluding hydrogens is 249 g/mol. The summed E-state index contributed by atoms with van der Waals surface area (Å²) in [7, 11) is 1.00. The van der Waals surface area contributed by atoms with Gasteiger partial charge >= 0.3 is 0 Å². The molecule has 0 aromatic rings. The number of nitriles is 2. The van der Waals surface area contributed by atoms with Crippen LogP contribution in [0.2, 0.25) is 0 Å². The lowest BCUT2D eigenvalue weighted by atomic mass is 9.94. The van der Waals surface area contributed by atoms with Crippen molar-refractivity contribution in [3.8, 4) is 12.1 Å². The molecule has 20 heavy (non-hydrogen) atoms. The predicted octanol–water partition coefficient (Wildman–Crippen LogP) is 2.18. The minimum Gasteiger partial charge on any atom is -0.400 e. The highest BCUT2D eigenvalue weighted by Gasteiger charge is 2.12. The number of piperidine rings is 1. The van der Waals surface area contributed by atoms with E-state index in [0.717, 1.165) is 18.9 Å². The summed E-state index contributed by atoms with van der Waals surface area (Å²) in [5, 5.41) is 27.0. The summed E-state index contributed by atoms with van der Waals surface area (Å²) in [4.78, 5) is 0. The van der Waals surface area contributed by atoms with Crippen LogP contribution in [0.4, 0.5) is 0 Å². The first kappa shape index (κ1) is 24.0. The van der Waals surface area contributed by atoms with E-state index in [2.05, 4.69) is 31.3 Å². The van der Waals surface area contributed by atoms with E-state index in [0.29, 0.717) is 6.42 Å². The Balaban J connectivity index is -0.000000246. The van der Waals surface area contributed by atoms with E-state index >= 15 is 0 Å². The third-order valence-corrected chi connectivity index (χ3v) is 2.94. The summed E-state index contributed by atoms with van der Waals surface area (Å²) in [5.41, 5.74) is 0. The quantitative estimate of drug-likeness (QED) is 0.759. The third kappa shape index (κ3) is 15.0. The second-order valence-corrected chi connectivity index (χ2v) is 5.40. The number of nitrogens with one attached hydrogen (secondary N) is 1. The molecule has 1 aliphatic rings. The lowest BCUT2D eigenvalue weighted by Crippen LogP contribution is -2.33. The van der Waals surface area contributed by atoms with Gasteiger partial charge in [0.25, 0.3) is 0 Å². The maximum Gasteiger partial charge on any atom is 0.0653 e. The molecule has 1 rings (SSSR count). The van der Waals surface area contributed by atoms with Gasteiger partial charge in [-0.05, 0) is 51.6 Å². The van der Waals surface area contributed by atoms with Crippen molar-refractivity contribution >= 4 is 8.41 Å². The molecule has 0 unspecified atom stereocenters. The normalized spacial score (nSPS) is 23.0. The van der Waals surface area contributed by atoms with Gasteiger partial charge in [0.1, 0.15) is 0 Å². The second-order valence-electron chi connectivity index (χ2n) is 5.40. The summed E-state index contributed by atoms with van der Waals surface area (Å²) in [5.74, 6) is 1.83. The highest BCUT2D eigenvalue weighted by molar-refractivity contribution is 5.75. The molecule has 1 fully saturated rings. The molecule has 4 nitrogen and oxygen atoms in total. The lowest BCUT2D eigenvalue weighted by Gasteiger charge is -2.24. The van der Waals surface area contributed by atoms with Crippen LogP contribution in [0, 0.1) is 46.3 Å². The monoisotopic (exact) mass is 278 g/mol. The molecule has 0 aliphatic carbocycles. The fourth-order valence-corrected chi connectivity index (χ4v) is 2.07. The third-order valence-electron chi connectivity index (χ3n) is 2.94. The molecule has 5 heteroatoms. The number of hydrogen-bond acceptors (Lipinski definition) is 4. The Morgan fingerprint density at radius 1 is 1.05 bits per heavy atom. The number of hydrogen-bond donors (Lipinski definition) is 2. The lowest BCUT2D eigenvalue weighted by molar-refractivity contribution is 0.321. The van der Waals surface area contributed by atoms with Crippen LogP contribution < -0.4 is 5.32 Å². The van der Waals surface area contributed by atoms with Crippen LogP contribution in [-0.2, 0) is 0 Å². The van der Waals surface area contributed by atoms with Gasteiger partial charge in [-0.3, -0.25) is 0 Å². The molecule has 113 valence electrons. The maximum absolute atomic E-state index is 8.32. The molecule has 3 radical (unpaired) electrons. The number of rotatable bonds is 2. The van der Waals surface area contributed by atoms with Gasteiger partial charge in [-0.15, -0.1) is 0 Å². The van der Waals surface area contributed by atoms with Gasteiger partial charge in [-0.25, -0.2) is 0 Å². The Kier molecular flexibility index (Phi) is 19.2. The molecule has 0 bridgehead atoms. The standard InChI is InChI=1S/C7H10N2.C7H15N.CH4O.B/c1-6(4-8)3-7(2)5-9;1-6-3-7(2)5-8-4-6;1-2;/h6-7H,3H2,1-2H3;6-8H,3-5H2,1-2H3;2H,1H3;/t2*6-,7-;;/m11../s1. The van der Waals surface area contributed by atoms with Crippen LogP contribution in [0.15, 0.2) is 0 Å². The zero-order chi connectivity index (χ0) is 15.3. The average molecular weight is 278 g/mol. The smallest absolute Gasteiger partial charge is 0.0653 e. The van der Waals surface area contributed by atoms with E-state index < -0.39 is 0 Å². The maximum atomic E-state index is 8.32. The zero-order valence-corrected chi connectivity index (χ0v) is 13.6. The van der Waals surface area contributed by atoms with Gasteiger partial charge in [-0.2, -0.15) is 10.5 Å². The fourth-order valence-electron chi connectivity index (χ4n) is 2.07. The van der Waals surface area contributed by atoms with Crippen LogP contribution in [0.5, 0.6) is 0 Å². The van der Waals surface area contributed by atoms with E-state index in [1.54, 1.807) is 0 Å². The molecule has 0 aromatic carbocycles. The molecule has 0 saturated carbocycles. The van der Waals surface area contributed by atoms with Gasteiger partial charge in [0.2, 0.25) is 0 Å². The van der Waals surface area contributed by atoms with Crippen molar-refractivity contribution in [2.75, 3.05) is 20.2 Å². The van der Waals surface area contributed by atoms with Gasteiger partial charge in [0.15, 0.2) is 0 Å². The van der Waals surface area contributed by atoms with Gasteiger partial charge in [0, 0.05) is 27.4 Å². The molecule has 0 amide bonds. The van der Waals surface area contributed by atoms with Crippen molar-refractivity contribution in [2.45, 2.75) is 40.5 Å². The van der Waals surface area contributed by atoms with Crippen molar-refractivity contribution in [1.29, 1.82) is 10.5 Å². The first-order valence-electron chi connectivity index (χ1n) is 6.94. The molecule has 0 spiro atoms. The van der Waals surface area contributed by atoms with E-state index in [9.17, 15) is 0 Å². The van der Waals surface area contributed by atoms with Gasteiger partial charge < -0.3 is 10.4 Å². The minimum atomic E-state index is 0. The van der Waals surface area contributed by atoms with Crippen molar-refractivity contribution in [2.24, 2.45) is 23.7 Å². The van der Waals surface area contributed by atoms with Crippen LogP contribution >= 0.6 is 0 Å². The molecule has 1 aliphatic heterocycles. The Morgan fingerprint density at radius 2 is 1.40 bits per heavy atom. The van der Waals surface area contributed by atoms with Crippen molar-refractivity contribution < 1.29 is 5.11 Å². The van der Waals surface area contributed by atoms with Crippen LogP contribution in [-0.4, -0.2) is 33.7 Å². The van der Waals surface area contributed by atoms with Crippen molar-refractivity contribution in [1.82, 2.24) is 5.32 Å². The highest BCUT2D eigenvalue weighted by Crippen LogP contribution is 2.13. The molecule has 2 N–H and O–H groups in total. The summed E-state index contributed by atoms with van der Waals surface area (Å²) in [6.45, 7) is 10.7. The molecule has 1 saturated heterocycles. The SMILES string of the molecule is CO.C[C@@H](C#N)C[C@@H](C)C#N.C[C@H]1CNC[C@H](C)C1.[B]. The molecule has 4 atom stereocenters. The fraction of sp³-hybridized carbons (Fsp3) is 0.867. The summed E-state index contributed by atoms with van der Waals surface area (Å²) < 4.78 is 0. The van der Waals surface area contributed by atoms with Gasteiger partial charge in [-0.1, -0.05) is 13.8 Å². The van der Waals surface area contributed by atoms with E-state index in [4.69, 9.17) is 15.6 Å². The molecular formula is C15H29BN3O. The predicted molar refractivity (Wildman–Crippen MR) is 83.9 cm³/mol. The largest absolute Gasteiger partial charge is 0.400 e. The minimum absolute atomic E-state index is 0. The summed E-state index contributed by atoms with van der Waals surface area (Å²) in [6, 6.07) is 4.16. The molecule has 0 aromatic heterocycles. The average Bonchev–Trinajstić information content (AvgIpc) is 2.41. The van der Waals surface area contributed by atoms with Crippen LogP contribution in [0.1, 0.15) is 40.5 Å². The number of aliphatic hydroxyl groups excluding tert-OH is 1. The first-order chi connectivity index (χ1) is 8.99. The summed E-state index contributed by atoms with van der Waals surface area (Å²) >= 11 is 0. The Labute approximate surface area is 126 Å². The Morgan fingerprint density at radius 3 is 1.60 bits per heavy atom. The van der Waals surface area contributed by atoms with Crippen molar-refractivity contribution in [3.05, 3.63) is 0 Å². The second kappa shape index (κ2) is 16.0. The van der Waals surface area contributed by atoms with Gasteiger partial charge in [0.05, 0.1) is 12.1 Å². The van der Waals surface area contributed by atoms with E-state index in [1.807, 2.05) is 13.8 Å². The first-order valence-corrected chi connectivity index (χ1v) is 6.94. The highest BCUT2D eigenvalue weighted by atomic mass is 16.2. The Bertz CT molecular complexity index is 260.